The van der Waals surface area contributed by atoms with Crippen molar-refractivity contribution in [1.29, 1.82) is 0 Å². The maximum atomic E-state index is 10.5. The molecule has 3 heteroatoms. The van der Waals surface area contributed by atoms with Crippen molar-refractivity contribution < 1.29 is 5.11 Å². The topological polar surface area (TPSA) is 23.5 Å². The molecule has 1 N–H and O–H groups in total. The molecule has 1 heterocycles. The van der Waals surface area contributed by atoms with E-state index >= 15 is 0 Å². The molecule has 2 unspecified atom stereocenters. The number of likely N-dealkylation sites (tertiary alicyclic amines) is 1. The van der Waals surface area contributed by atoms with Crippen LogP contribution in [0.2, 0.25) is 0 Å². The highest BCUT2D eigenvalue weighted by Crippen LogP contribution is 2.37. The molecule has 1 aliphatic rings. The van der Waals surface area contributed by atoms with Crippen LogP contribution in [0, 0.1) is 6.92 Å². The number of hydrogen-bond acceptors (Lipinski definition) is 2. The lowest BCUT2D eigenvalue weighted by Gasteiger charge is -2.31. The van der Waals surface area contributed by atoms with Crippen molar-refractivity contribution in [3.63, 3.8) is 0 Å². The zero-order valence-electron chi connectivity index (χ0n) is 15.6. The number of aryl methyl sites for hydroxylation is 1. The second-order valence-corrected chi connectivity index (χ2v) is 7.18. The number of hydrogen-bond donors (Lipinski definition) is 1. The Labute approximate surface area is 164 Å². The lowest BCUT2D eigenvalue weighted by molar-refractivity contribution is 0.225. The summed E-state index contributed by atoms with van der Waals surface area (Å²) >= 11 is 0. The molecule has 2 nitrogen and oxygen atoms in total. The average molecular weight is 372 g/mol. The fraction of sp³-hybridized carbons (Fsp3) is 0.391. The summed E-state index contributed by atoms with van der Waals surface area (Å²) in [5.74, 6) is 0.602. The molecule has 3 rings (SSSR count). The molecule has 2 atom stereocenters. The van der Waals surface area contributed by atoms with Crippen molar-refractivity contribution in [3.05, 3.63) is 77.9 Å². The van der Waals surface area contributed by atoms with E-state index in [9.17, 15) is 5.11 Å². The smallest absolute Gasteiger partial charge is 0.119 e. The van der Waals surface area contributed by atoms with Gasteiger partial charge in [0.25, 0.3) is 0 Å². The lowest BCUT2D eigenvalue weighted by Crippen LogP contribution is -2.34. The Hall–Kier alpha value is -1.77. The van der Waals surface area contributed by atoms with Crippen LogP contribution >= 0.6 is 12.4 Å². The molecule has 0 bridgehead atoms. The summed E-state index contributed by atoms with van der Waals surface area (Å²) in [5, 5.41) is 10.5. The van der Waals surface area contributed by atoms with Crippen molar-refractivity contribution in [2.75, 3.05) is 13.1 Å². The molecule has 0 amide bonds. The summed E-state index contributed by atoms with van der Waals surface area (Å²) in [6, 6.07) is 17.0. The predicted octanol–water partition coefficient (Wildman–Crippen LogP) is 5.68. The van der Waals surface area contributed by atoms with E-state index in [0.717, 1.165) is 18.4 Å². The van der Waals surface area contributed by atoms with E-state index in [1.807, 2.05) is 18.2 Å². The predicted molar refractivity (Wildman–Crippen MR) is 112 cm³/mol. The molecule has 1 fully saturated rings. The highest BCUT2D eigenvalue weighted by molar-refractivity contribution is 5.85. The Morgan fingerprint density at radius 2 is 1.81 bits per heavy atom. The van der Waals surface area contributed by atoms with Gasteiger partial charge in [-0.1, -0.05) is 54.1 Å². The van der Waals surface area contributed by atoms with Crippen LogP contribution in [0.4, 0.5) is 0 Å². The highest BCUT2D eigenvalue weighted by Gasteiger charge is 2.27. The van der Waals surface area contributed by atoms with Crippen LogP contribution in [0.5, 0.6) is 5.75 Å². The molecule has 1 saturated heterocycles. The third-order valence-electron chi connectivity index (χ3n) is 5.36. The summed E-state index contributed by atoms with van der Waals surface area (Å²) in [6.45, 7) is 8.43. The van der Waals surface area contributed by atoms with Crippen LogP contribution in [0.1, 0.15) is 48.3 Å². The van der Waals surface area contributed by atoms with Gasteiger partial charge in [-0.05, 0) is 57.3 Å². The number of nitrogens with zero attached hydrogens (tertiary/aromatic N) is 1. The Balaban J connectivity index is 0.00000243. The van der Waals surface area contributed by atoms with Crippen LogP contribution in [-0.4, -0.2) is 29.1 Å². The minimum absolute atomic E-state index is 0. The molecule has 0 saturated carbocycles. The second-order valence-electron chi connectivity index (χ2n) is 7.18. The van der Waals surface area contributed by atoms with Crippen LogP contribution in [-0.2, 0) is 0 Å². The minimum Gasteiger partial charge on any atom is -0.508 e. The SMILES string of the molecule is C=CCC(CC(c1ccccc1)c1cc(C)ccc1O)N1CCCC1.Cl. The van der Waals surface area contributed by atoms with Gasteiger partial charge in [0.1, 0.15) is 5.75 Å². The number of halogens is 1. The number of phenolic OH excluding ortho intramolecular Hbond substituents is 1. The van der Waals surface area contributed by atoms with Gasteiger partial charge in [0.15, 0.2) is 0 Å². The zero-order valence-corrected chi connectivity index (χ0v) is 16.4. The van der Waals surface area contributed by atoms with Crippen LogP contribution in [0.25, 0.3) is 0 Å². The Morgan fingerprint density at radius 3 is 2.46 bits per heavy atom. The third kappa shape index (κ3) is 4.90. The molecule has 140 valence electrons. The van der Waals surface area contributed by atoms with Crippen molar-refractivity contribution in [1.82, 2.24) is 4.90 Å². The van der Waals surface area contributed by atoms with Gasteiger partial charge < -0.3 is 10.0 Å². The van der Waals surface area contributed by atoms with Crippen molar-refractivity contribution in [2.45, 2.75) is 44.6 Å². The van der Waals surface area contributed by atoms with Gasteiger partial charge in [-0.15, -0.1) is 19.0 Å². The first kappa shape index (κ1) is 20.5. The Kier molecular flexibility index (Phi) is 7.74. The van der Waals surface area contributed by atoms with Gasteiger partial charge in [0.05, 0.1) is 0 Å². The fourth-order valence-electron chi connectivity index (χ4n) is 4.05. The molecular formula is C23H30ClNO. The molecule has 0 aliphatic carbocycles. The van der Waals surface area contributed by atoms with Gasteiger partial charge in [-0.25, -0.2) is 0 Å². The lowest BCUT2D eigenvalue weighted by atomic mass is 9.83. The van der Waals surface area contributed by atoms with Crippen LogP contribution in [0.3, 0.4) is 0 Å². The number of benzene rings is 2. The third-order valence-corrected chi connectivity index (χ3v) is 5.36. The molecule has 0 aromatic heterocycles. The van der Waals surface area contributed by atoms with Crippen molar-refractivity contribution in [3.8, 4) is 5.75 Å². The minimum atomic E-state index is 0. The summed E-state index contributed by atoms with van der Waals surface area (Å²) in [6.07, 6.45) is 6.63. The van der Waals surface area contributed by atoms with Crippen molar-refractivity contribution in [2.24, 2.45) is 0 Å². The largest absolute Gasteiger partial charge is 0.508 e. The van der Waals surface area contributed by atoms with Gasteiger partial charge in [0.2, 0.25) is 0 Å². The van der Waals surface area contributed by atoms with E-state index in [1.54, 1.807) is 0 Å². The van der Waals surface area contributed by atoms with Gasteiger partial charge >= 0.3 is 0 Å². The normalized spacial score (nSPS) is 16.7. The molecule has 26 heavy (non-hydrogen) atoms. The molecule has 1 aliphatic heterocycles. The van der Waals surface area contributed by atoms with Crippen molar-refractivity contribution >= 4 is 12.4 Å². The molecule has 0 radical (unpaired) electrons. The van der Waals surface area contributed by atoms with Gasteiger partial charge in [-0.3, -0.25) is 0 Å². The number of phenols is 1. The van der Waals surface area contributed by atoms with E-state index in [-0.39, 0.29) is 18.3 Å². The first-order valence-corrected chi connectivity index (χ1v) is 9.38. The van der Waals surface area contributed by atoms with Gasteiger partial charge in [0, 0.05) is 17.5 Å². The quantitative estimate of drug-likeness (QED) is 0.632. The standard InChI is InChI=1S/C23H29NO.ClH/c1-3-9-20(24-14-7-8-15-24)17-21(19-10-5-4-6-11-19)22-16-18(2)12-13-23(22)25;/h3-6,10-13,16,20-21,25H,1,7-9,14-15,17H2,2H3;1H. The summed E-state index contributed by atoms with van der Waals surface area (Å²) < 4.78 is 0. The molecule has 2 aromatic rings. The number of aromatic hydroxyl groups is 1. The van der Waals surface area contributed by atoms with E-state index < -0.39 is 0 Å². The first-order valence-electron chi connectivity index (χ1n) is 9.38. The average Bonchev–Trinajstić information content (AvgIpc) is 3.16. The summed E-state index contributed by atoms with van der Waals surface area (Å²) in [7, 11) is 0. The zero-order chi connectivity index (χ0) is 17.6. The summed E-state index contributed by atoms with van der Waals surface area (Å²) in [4.78, 5) is 2.60. The highest BCUT2D eigenvalue weighted by atomic mass is 35.5. The Bertz CT molecular complexity index is 695. The van der Waals surface area contributed by atoms with Gasteiger partial charge in [-0.2, -0.15) is 0 Å². The van der Waals surface area contributed by atoms with E-state index in [1.165, 1.54) is 37.1 Å². The monoisotopic (exact) mass is 371 g/mol. The van der Waals surface area contributed by atoms with E-state index in [4.69, 9.17) is 0 Å². The second kappa shape index (κ2) is 9.80. The fourth-order valence-corrected chi connectivity index (χ4v) is 4.05. The van der Waals surface area contributed by atoms with E-state index in [2.05, 4.69) is 54.8 Å². The maximum Gasteiger partial charge on any atom is 0.119 e. The van der Waals surface area contributed by atoms with Crippen LogP contribution < -0.4 is 0 Å². The molecule has 2 aromatic carbocycles. The maximum absolute atomic E-state index is 10.5. The van der Waals surface area contributed by atoms with E-state index in [0.29, 0.717) is 11.8 Å². The van der Waals surface area contributed by atoms with Crippen LogP contribution in [0.15, 0.2) is 61.2 Å². The molecular weight excluding hydrogens is 342 g/mol. The summed E-state index contributed by atoms with van der Waals surface area (Å²) in [5.41, 5.74) is 3.51. The Morgan fingerprint density at radius 1 is 1.12 bits per heavy atom. The number of rotatable bonds is 7. The molecule has 0 spiro atoms. The first-order chi connectivity index (χ1) is 12.2.